The number of carbonyl (C=O) groups is 1. The van der Waals surface area contributed by atoms with Crippen molar-refractivity contribution in [3.05, 3.63) is 12.5 Å². The zero-order valence-corrected chi connectivity index (χ0v) is 14.2. The first-order chi connectivity index (χ1) is 11.7. The van der Waals surface area contributed by atoms with E-state index in [1.165, 1.54) is 0 Å². The lowest BCUT2D eigenvalue weighted by Gasteiger charge is -2.36. The number of rotatable bonds is 3. The van der Waals surface area contributed by atoms with Gasteiger partial charge in [-0.3, -0.25) is 9.48 Å². The van der Waals surface area contributed by atoms with E-state index in [1.807, 2.05) is 13.2 Å². The summed E-state index contributed by atoms with van der Waals surface area (Å²) in [6, 6.07) is 0. The molecule has 0 aromatic carbocycles. The Morgan fingerprint density at radius 2 is 2.00 bits per heavy atom. The Kier molecular flexibility index (Phi) is 4.08. The summed E-state index contributed by atoms with van der Waals surface area (Å²) in [6.45, 7) is 3.83. The first kappa shape index (κ1) is 15.4. The molecule has 0 saturated carbocycles. The fourth-order valence-corrected chi connectivity index (χ4v) is 3.90. The monoisotopic (exact) mass is 328 g/mol. The highest BCUT2D eigenvalue weighted by atomic mass is 16.2. The normalized spacial score (nSPS) is 20.1. The van der Waals surface area contributed by atoms with Gasteiger partial charge in [-0.1, -0.05) is 0 Å². The van der Waals surface area contributed by atoms with Crippen LogP contribution >= 0.6 is 0 Å². The fourth-order valence-electron chi connectivity index (χ4n) is 3.90. The lowest BCUT2D eigenvalue weighted by atomic mass is 9.95. The van der Waals surface area contributed by atoms with E-state index >= 15 is 0 Å². The molecule has 0 spiro atoms. The van der Waals surface area contributed by atoms with E-state index in [9.17, 15) is 4.79 Å². The van der Waals surface area contributed by atoms with Gasteiger partial charge >= 0.3 is 0 Å². The molecule has 2 aromatic rings. The molecule has 2 aliphatic heterocycles. The van der Waals surface area contributed by atoms with E-state index in [0.29, 0.717) is 11.8 Å². The summed E-state index contributed by atoms with van der Waals surface area (Å²) in [4.78, 5) is 25.2. The number of aryl methyl sites for hydroxylation is 1. The molecular formula is C17H24N6O. The van der Waals surface area contributed by atoms with Gasteiger partial charge in [-0.15, -0.1) is 0 Å². The van der Waals surface area contributed by atoms with E-state index in [2.05, 4.69) is 24.9 Å². The van der Waals surface area contributed by atoms with E-state index in [0.717, 1.165) is 75.1 Å². The molecule has 0 atom stereocenters. The molecule has 7 nitrogen and oxygen atoms in total. The van der Waals surface area contributed by atoms with Crippen molar-refractivity contribution in [3.63, 3.8) is 0 Å². The summed E-state index contributed by atoms with van der Waals surface area (Å²) < 4.78 is 1.79. The molecule has 0 unspecified atom stereocenters. The quantitative estimate of drug-likeness (QED) is 0.856. The van der Waals surface area contributed by atoms with E-state index < -0.39 is 0 Å². The first-order valence-electron chi connectivity index (χ1n) is 8.88. The number of nitrogens with zero attached hydrogens (tertiary/aromatic N) is 6. The summed E-state index contributed by atoms with van der Waals surface area (Å²) >= 11 is 0. The summed E-state index contributed by atoms with van der Waals surface area (Å²) in [5.41, 5.74) is 0.876. The first-order valence-corrected chi connectivity index (χ1v) is 8.88. The third-order valence-corrected chi connectivity index (χ3v) is 5.32. The Morgan fingerprint density at radius 1 is 1.17 bits per heavy atom. The van der Waals surface area contributed by atoms with Gasteiger partial charge in [0.05, 0.1) is 11.6 Å². The highest BCUT2D eigenvalue weighted by Gasteiger charge is 2.26. The molecule has 0 radical (unpaired) electrons. The molecule has 1 amide bonds. The molecule has 0 aliphatic carbocycles. The van der Waals surface area contributed by atoms with Crippen molar-refractivity contribution >= 4 is 22.8 Å². The highest BCUT2D eigenvalue weighted by molar-refractivity contribution is 5.86. The molecule has 2 aromatic heterocycles. The van der Waals surface area contributed by atoms with Crippen LogP contribution in [0.25, 0.3) is 11.0 Å². The highest BCUT2D eigenvalue weighted by Crippen LogP contribution is 2.28. The third kappa shape index (κ3) is 2.83. The molecular weight excluding hydrogens is 304 g/mol. The molecule has 4 rings (SSSR count). The molecule has 0 N–H and O–H groups in total. The number of amides is 1. The van der Waals surface area contributed by atoms with Crippen molar-refractivity contribution in [2.75, 3.05) is 31.1 Å². The summed E-state index contributed by atoms with van der Waals surface area (Å²) in [5.74, 6) is 1.94. The minimum Gasteiger partial charge on any atom is -0.356 e. The minimum atomic E-state index is 0.344. The van der Waals surface area contributed by atoms with Gasteiger partial charge in [-0.2, -0.15) is 5.10 Å². The van der Waals surface area contributed by atoms with E-state index in [-0.39, 0.29) is 0 Å². The van der Waals surface area contributed by atoms with Gasteiger partial charge in [-0.05, 0) is 31.6 Å². The lowest BCUT2D eigenvalue weighted by Crippen LogP contribution is -2.42. The smallest absolute Gasteiger partial charge is 0.222 e. The number of anilines is 1. The second-order valence-electron chi connectivity index (χ2n) is 6.93. The maximum absolute atomic E-state index is 12.0. The van der Waals surface area contributed by atoms with Gasteiger partial charge < -0.3 is 9.80 Å². The Hall–Kier alpha value is -2.18. The zero-order chi connectivity index (χ0) is 16.5. The topological polar surface area (TPSA) is 67.2 Å². The van der Waals surface area contributed by atoms with Crippen molar-refractivity contribution < 1.29 is 4.79 Å². The third-order valence-electron chi connectivity index (χ3n) is 5.32. The molecule has 4 heterocycles. The van der Waals surface area contributed by atoms with Crippen LogP contribution in [0.2, 0.25) is 0 Å². The van der Waals surface area contributed by atoms with Crippen LogP contribution in [-0.4, -0.2) is 56.7 Å². The van der Waals surface area contributed by atoms with Gasteiger partial charge in [0.25, 0.3) is 0 Å². The average Bonchev–Trinajstić information content (AvgIpc) is 2.99. The lowest BCUT2D eigenvalue weighted by molar-refractivity contribution is -0.134. The van der Waals surface area contributed by atoms with Crippen LogP contribution in [0.3, 0.4) is 0 Å². The number of hydrogen-bond donors (Lipinski definition) is 0. The van der Waals surface area contributed by atoms with Gasteiger partial charge in [0.2, 0.25) is 5.91 Å². The predicted octanol–water partition coefficient (Wildman–Crippen LogP) is 1.59. The maximum Gasteiger partial charge on any atom is 0.222 e. The van der Waals surface area contributed by atoms with Crippen LogP contribution in [0.4, 0.5) is 5.82 Å². The minimum absolute atomic E-state index is 0.344. The zero-order valence-electron chi connectivity index (χ0n) is 14.2. The van der Waals surface area contributed by atoms with Crippen molar-refractivity contribution in [1.82, 2.24) is 24.6 Å². The van der Waals surface area contributed by atoms with Crippen LogP contribution in [0.1, 0.15) is 32.1 Å². The summed E-state index contributed by atoms with van der Waals surface area (Å²) in [5, 5.41) is 5.31. The summed E-state index contributed by atoms with van der Waals surface area (Å²) in [7, 11) is 1.90. The van der Waals surface area contributed by atoms with Crippen molar-refractivity contribution in [3.8, 4) is 0 Å². The van der Waals surface area contributed by atoms with Gasteiger partial charge in [0.15, 0.2) is 5.65 Å². The Balaban J connectivity index is 1.41. The number of hydrogen-bond acceptors (Lipinski definition) is 5. The predicted molar refractivity (Wildman–Crippen MR) is 91.7 cm³/mol. The van der Waals surface area contributed by atoms with Crippen LogP contribution < -0.4 is 4.90 Å². The van der Waals surface area contributed by atoms with Crippen molar-refractivity contribution in [2.45, 2.75) is 32.1 Å². The van der Waals surface area contributed by atoms with Crippen LogP contribution in [0.5, 0.6) is 0 Å². The standard InChI is InChI=1S/C17H24N6O/c1-21-16-14(10-20-21)17(19-12-18-16)22-8-5-13(6-9-22)11-23-7-3-2-4-15(23)24/h10,12-13H,2-9,11H2,1H3. The number of carbonyl (C=O) groups excluding carboxylic acids is 1. The van der Waals surface area contributed by atoms with Crippen molar-refractivity contribution in [2.24, 2.45) is 13.0 Å². The molecule has 0 bridgehead atoms. The number of aromatic nitrogens is 4. The molecule has 128 valence electrons. The molecule has 2 saturated heterocycles. The van der Waals surface area contributed by atoms with Crippen LogP contribution in [-0.2, 0) is 11.8 Å². The fraction of sp³-hybridized carbons (Fsp3) is 0.647. The maximum atomic E-state index is 12.0. The Bertz CT molecular complexity index is 734. The van der Waals surface area contributed by atoms with Crippen LogP contribution in [0.15, 0.2) is 12.5 Å². The molecule has 2 fully saturated rings. The number of fused-ring (bicyclic) bond motifs is 1. The van der Waals surface area contributed by atoms with Crippen LogP contribution in [0, 0.1) is 5.92 Å². The SMILES string of the molecule is Cn1ncc2c(N3CCC(CN4CCCCC4=O)CC3)ncnc21. The second kappa shape index (κ2) is 6.37. The number of likely N-dealkylation sites (tertiary alicyclic amines) is 1. The Morgan fingerprint density at radius 3 is 2.79 bits per heavy atom. The summed E-state index contributed by atoms with van der Waals surface area (Å²) in [6.07, 6.45) is 8.64. The van der Waals surface area contributed by atoms with Crippen molar-refractivity contribution in [1.29, 1.82) is 0 Å². The van der Waals surface area contributed by atoms with E-state index in [1.54, 1.807) is 11.0 Å². The largest absolute Gasteiger partial charge is 0.356 e. The molecule has 24 heavy (non-hydrogen) atoms. The van der Waals surface area contributed by atoms with Gasteiger partial charge in [-0.25, -0.2) is 9.97 Å². The Labute approximate surface area is 141 Å². The van der Waals surface area contributed by atoms with E-state index in [4.69, 9.17) is 0 Å². The average molecular weight is 328 g/mol. The molecule has 7 heteroatoms. The van der Waals surface area contributed by atoms with Gasteiger partial charge in [0.1, 0.15) is 12.1 Å². The second-order valence-corrected chi connectivity index (χ2v) is 6.93. The molecule has 2 aliphatic rings. The van der Waals surface area contributed by atoms with Gasteiger partial charge in [0, 0.05) is 39.6 Å². The number of piperidine rings is 2.